The standard InChI is InChI=1S/C14H24N4P.C2H3N.BrH/c1-9-10(2)16(6)13(15(9)5)19-14-17(7)11(3)12(4)18(14)8;1-2-3;/h1-8H3;1H3;1H/q+1;;/p-1. The van der Waals surface area contributed by atoms with Gasteiger partial charge < -0.3 is 26.1 Å². The second-order valence-corrected chi connectivity index (χ2v) is 6.54. The van der Waals surface area contributed by atoms with Crippen molar-refractivity contribution >= 4 is 13.8 Å². The molecule has 0 unspecified atom stereocenters. The molecule has 0 bridgehead atoms. The van der Waals surface area contributed by atoms with Crippen molar-refractivity contribution in [2.75, 3.05) is 0 Å². The number of aromatic nitrogens is 4. The van der Waals surface area contributed by atoms with Gasteiger partial charge in [-0.15, -0.1) is 0 Å². The smallest absolute Gasteiger partial charge is 0.310 e. The molecule has 2 aromatic heterocycles. The Labute approximate surface area is 151 Å². The molecule has 0 N–H and O–H groups in total. The zero-order valence-corrected chi connectivity index (χ0v) is 18.0. The number of nitrogens with zero attached hydrogens (tertiary/aromatic N) is 5. The highest BCUT2D eigenvalue weighted by molar-refractivity contribution is 7.37. The minimum Gasteiger partial charge on any atom is -1.00 e. The maximum atomic E-state index is 7.32. The Morgan fingerprint density at radius 2 is 1.30 bits per heavy atom. The van der Waals surface area contributed by atoms with Crippen molar-refractivity contribution in [2.45, 2.75) is 34.6 Å². The van der Waals surface area contributed by atoms with Crippen molar-refractivity contribution in [3.8, 4) is 6.07 Å². The molecular formula is C16H27BrN5P. The number of hydrogen-bond donors (Lipinski definition) is 0. The van der Waals surface area contributed by atoms with Crippen LogP contribution in [0.15, 0.2) is 0 Å². The van der Waals surface area contributed by atoms with E-state index in [1.165, 1.54) is 48.7 Å². The Balaban J connectivity index is 0.00000112. The molecule has 0 saturated carbocycles. The number of nitriles is 1. The Morgan fingerprint density at radius 3 is 1.61 bits per heavy atom. The molecule has 23 heavy (non-hydrogen) atoms. The van der Waals surface area contributed by atoms with Crippen LogP contribution in [0.5, 0.6) is 0 Å². The average Bonchev–Trinajstić information content (AvgIpc) is 2.77. The first-order valence-electron chi connectivity index (χ1n) is 7.25. The highest BCUT2D eigenvalue weighted by Crippen LogP contribution is 2.14. The fourth-order valence-electron chi connectivity index (χ4n) is 2.41. The fraction of sp³-hybridized carbons (Fsp3) is 0.562. The summed E-state index contributed by atoms with van der Waals surface area (Å²) in [5.41, 5.74) is 6.63. The Bertz CT molecular complexity index is 748. The molecule has 5 nitrogen and oxygen atoms in total. The lowest BCUT2D eigenvalue weighted by atomic mass is 10.4. The van der Waals surface area contributed by atoms with Crippen molar-refractivity contribution < 1.29 is 21.5 Å². The summed E-state index contributed by atoms with van der Waals surface area (Å²) in [5, 5.41) is 8.63. The van der Waals surface area contributed by atoms with E-state index in [4.69, 9.17) is 5.26 Å². The molecule has 0 spiro atoms. The molecule has 0 aliphatic rings. The first-order valence-corrected chi connectivity index (χ1v) is 8.14. The van der Waals surface area contributed by atoms with Crippen molar-refractivity contribution in [1.82, 2.24) is 13.7 Å². The van der Waals surface area contributed by atoms with E-state index in [-0.39, 0.29) is 17.0 Å². The van der Waals surface area contributed by atoms with Crippen LogP contribution in [0, 0.1) is 44.2 Å². The van der Waals surface area contributed by atoms with E-state index in [2.05, 4.69) is 74.2 Å². The van der Waals surface area contributed by atoms with Gasteiger partial charge in [0, 0.05) is 46.3 Å². The summed E-state index contributed by atoms with van der Waals surface area (Å²) in [5.74, 6) is 0. The van der Waals surface area contributed by atoms with E-state index in [0.717, 1.165) is 0 Å². The summed E-state index contributed by atoms with van der Waals surface area (Å²) in [6.07, 6.45) is 0. The van der Waals surface area contributed by atoms with Gasteiger partial charge >= 0.3 is 5.57 Å². The third-order valence-corrected chi connectivity index (χ3v) is 6.06. The zero-order chi connectivity index (χ0) is 17.2. The quantitative estimate of drug-likeness (QED) is 0.452. The van der Waals surface area contributed by atoms with Crippen LogP contribution in [-0.4, -0.2) is 13.7 Å². The lowest BCUT2D eigenvalue weighted by Crippen LogP contribution is -3.00. The van der Waals surface area contributed by atoms with Crippen LogP contribution in [0.1, 0.15) is 29.7 Å². The van der Waals surface area contributed by atoms with Gasteiger partial charge in [0.2, 0.25) is 0 Å². The molecule has 2 rings (SSSR count). The third kappa shape index (κ3) is 3.97. The highest BCUT2D eigenvalue weighted by Gasteiger charge is 2.19. The van der Waals surface area contributed by atoms with Gasteiger partial charge in [-0.3, -0.25) is 0 Å². The summed E-state index contributed by atoms with van der Waals surface area (Å²) < 4.78 is 9.15. The van der Waals surface area contributed by atoms with Gasteiger partial charge in [0.05, 0.1) is 28.4 Å². The maximum Gasteiger partial charge on any atom is 0.310 e. The van der Waals surface area contributed by atoms with Crippen LogP contribution >= 0.6 is 8.20 Å². The second kappa shape index (κ2) is 8.52. The largest absolute Gasteiger partial charge is 1.00 e. The summed E-state index contributed by atoms with van der Waals surface area (Å²) in [7, 11) is 9.82. The highest BCUT2D eigenvalue weighted by atomic mass is 79.9. The van der Waals surface area contributed by atoms with Crippen LogP contribution in [0.2, 0.25) is 0 Å². The number of rotatable bonds is 1. The first kappa shape index (κ1) is 21.7. The third-order valence-electron chi connectivity index (χ3n) is 4.46. The minimum absolute atomic E-state index is 0. The van der Waals surface area contributed by atoms with Crippen molar-refractivity contribution in [2.24, 2.45) is 28.2 Å². The molecule has 2 heterocycles. The fourth-order valence-corrected chi connectivity index (χ4v) is 3.79. The molecule has 0 saturated heterocycles. The van der Waals surface area contributed by atoms with Crippen molar-refractivity contribution in [1.29, 1.82) is 5.26 Å². The van der Waals surface area contributed by atoms with Gasteiger partial charge in [-0.1, -0.05) is 0 Å². The average molecular weight is 400 g/mol. The molecule has 0 aliphatic carbocycles. The first-order chi connectivity index (χ1) is 10.2. The van der Waals surface area contributed by atoms with E-state index in [0.29, 0.717) is 0 Å². The molecule has 7 heteroatoms. The summed E-state index contributed by atoms with van der Waals surface area (Å²) in [6, 6.07) is 1.75. The van der Waals surface area contributed by atoms with Gasteiger partial charge in [0.25, 0.3) is 0 Å². The Morgan fingerprint density at radius 1 is 0.913 bits per heavy atom. The summed E-state index contributed by atoms with van der Waals surface area (Å²) in [4.78, 5) is 0. The monoisotopic (exact) mass is 399 g/mol. The molecule has 0 amide bonds. The molecule has 0 aromatic carbocycles. The van der Waals surface area contributed by atoms with Crippen LogP contribution < -0.4 is 27.1 Å². The number of imidazole rings is 2. The van der Waals surface area contributed by atoms with Crippen LogP contribution in [-0.2, 0) is 28.2 Å². The van der Waals surface area contributed by atoms with Crippen molar-refractivity contribution in [3.63, 3.8) is 0 Å². The van der Waals surface area contributed by atoms with E-state index in [1.807, 2.05) is 0 Å². The molecule has 2 aromatic rings. The molecule has 0 aliphatic heterocycles. The lowest BCUT2D eigenvalue weighted by molar-refractivity contribution is -0.658. The number of hydrogen-bond acceptors (Lipinski definition) is 1. The van der Waals surface area contributed by atoms with E-state index >= 15 is 0 Å². The molecule has 0 atom stereocenters. The second-order valence-electron chi connectivity index (χ2n) is 5.51. The molecule has 0 fully saturated rings. The van der Waals surface area contributed by atoms with Gasteiger partial charge in [0.1, 0.15) is 16.6 Å². The van der Waals surface area contributed by atoms with Gasteiger partial charge in [-0.25, -0.2) is 9.13 Å². The van der Waals surface area contributed by atoms with Crippen molar-refractivity contribution in [3.05, 3.63) is 28.0 Å². The molecule has 0 radical (unpaired) electrons. The predicted molar refractivity (Wildman–Crippen MR) is 91.0 cm³/mol. The SMILES string of the molecule is CC#N.Cc1c(C)[n+](C)c(P=c2n(C)c(C)c(C)n2C)n1C.[Br-]. The van der Waals surface area contributed by atoms with Crippen LogP contribution in [0.4, 0.5) is 0 Å². The van der Waals surface area contributed by atoms with Gasteiger partial charge in [0.15, 0.2) is 0 Å². The summed E-state index contributed by atoms with van der Waals surface area (Å²) in [6.45, 7) is 10.1. The van der Waals surface area contributed by atoms with Crippen LogP contribution in [0.25, 0.3) is 0 Å². The number of halogens is 1. The van der Waals surface area contributed by atoms with E-state index in [1.54, 1.807) is 6.07 Å². The van der Waals surface area contributed by atoms with E-state index in [9.17, 15) is 0 Å². The maximum absolute atomic E-state index is 7.32. The minimum atomic E-state index is 0. The van der Waals surface area contributed by atoms with Crippen LogP contribution in [0.3, 0.4) is 0 Å². The lowest BCUT2D eigenvalue weighted by Gasteiger charge is -1.97. The normalized spacial score (nSPS) is 9.91. The molecule has 128 valence electrons. The zero-order valence-electron chi connectivity index (χ0n) is 15.6. The van der Waals surface area contributed by atoms with Gasteiger partial charge in [-0.2, -0.15) is 5.26 Å². The topological polar surface area (TPSA) is 42.5 Å². The van der Waals surface area contributed by atoms with E-state index < -0.39 is 0 Å². The Hall–Kier alpha value is -1.31. The van der Waals surface area contributed by atoms with Gasteiger partial charge in [-0.05, 0) is 13.8 Å². The predicted octanol–water partition coefficient (Wildman–Crippen LogP) is -0.902. The summed E-state index contributed by atoms with van der Waals surface area (Å²) >= 11 is 0. The Kier molecular flexibility index (Phi) is 8.03. The molecular weight excluding hydrogens is 373 g/mol.